The van der Waals surface area contributed by atoms with Crippen molar-refractivity contribution in [3.8, 4) is 47.5 Å². The zero-order valence-corrected chi connectivity index (χ0v) is 76.4. The number of aromatic hydroxyl groups is 1. The molecule has 704 valence electrons. The van der Waals surface area contributed by atoms with E-state index >= 15 is 0 Å². The second kappa shape index (κ2) is 56.0. The monoisotopic (exact) mass is 1890 g/mol. The Bertz CT molecular complexity index is 5450. The number of aryl methyl sites for hydroxylation is 4. The standard InChI is InChI=1S/C28H30N2O6S.C25H28N4O5S.C22H26N2O6S.C22H26N2O5S/c29-28(36)21(16-19-5-10-22(31)11-6-19)17-24(32)23(12-14-27(34)35)30-26(33)13-7-18-3-8-20(9-4-18)25-2-1-15-37-25;26-25(34)18(12-19-14-27-15-28-19)13-21(30)20(8-10-24(32)33)29-23(31)9-5-16-3-6-17(7-4-16)22-2-1-11-35-22;23-22(30)16(13-25)12-18(26)17(8-10-21(28)29)24-20(27)9-5-14-3-6-15(7-4-14)19-2-1-11-31-19;1-14(22(23)29)13-18(25)17(9-11-21(27)28)24-20(26)10-6-15-4-7-16(8-5-15)19-3-2-12-30-19/h1-6,8-11,15,21,23,31H,7,12-14,16-17H2,(H2,29,36)(H,30,33)(H,34,35);1-4,6-7,11,14-15,18,20H,5,8-10,12-13H2,(H2,26,34)(H,27,28)(H,29,31)(H,32,33);1-4,6-7,11,16-17,25H,5,8-10,12-13H2,(H2,23,30)(H,24,27)(H,28,29);2-5,7-8,12,14,17H,6,9-11,13H2,1H3,(H2,23,29)(H,24,26)(H,27,28)/t21-,23+;18-,20+;16-,17-;14-,17+/m1101/s1. The molecular formula is C97H110N10O22S4. The molecule has 5 aromatic carbocycles. The zero-order valence-electron chi connectivity index (χ0n) is 73.1. The van der Waals surface area contributed by atoms with Crippen LogP contribution in [0.5, 0.6) is 5.75 Å². The van der Waals surface area contributed by atoms with Crippen LogP contribution in [0.1, 0.15) is 143 Å². The number of carbonyl (C=O) groups excluding carboxylic acids is 12. The summed E-state index contributed by atoms with van der Waals surface area (Å²) in [5, 5.41) is 73.1. The van der Waals surface area contributed by atoms with Gasteiger partial charge in [0.1, 0.15) is 5.75 Å². The van der Waals surface area contributed by atoms with Gasteiger partial charge in [-0.3, -0.25) is 76.7 Å². The third-order valence-electron chi connectivity index (χ3n) is 21.3. The molecule has 0 bridgehead atoms. The maximum atomic E-state index is 13.0. The van der Waals surface area contributed by atoms with Crippen molar-refractivity contribution < 1.29 is 107 Å². The lowest BCUT2D eigenvalue weighted by Gasteiger charge is -2.20. The number of nitrogens with zero attached hydrogens (tertiary/aromatic N) is 1. The highest BCUT2D eigenvalue weighted by Crippen LogP contribution is 2.30. The molecule has 32 nitrogen and oxygen atoms in total. The summed E-state index contributed by atoms with van der Waals surface area (Å²) >= 11 is 6.59. The van der Waals surface area contributed by atoms with E-state index in [0.29, 0.717) is 36.9 Å². The van der Waals surface area contributed by atoms with Crippen LogP contribution in [0.15, 0.2) is 204 Å². The number of imidazole rings is 1. The van der Waals surface area contributed by atoms with Gasteiger partial charge in [0.05, 0.1) is 48.9 Å². The molecule has 0 saturated heterocycles. The first kappa shape index (κ1) is 106. The van der Waals surface area contributed by atoms with Gasteiger partial charge in [-0.1, -0.05) is 140 Å². The van der Waals surface area contributed by atoms with E-state index in [1.165, 1.54) is 36.5 Å². The lowest BCUT2D eigenvalue weighted by atomic mass is 9.90. The molecule has 10 rings (SSSR count). The van der Waals surface area contributed by atoms with Gasteiger partial charge < -0.3 is 79.8 Å². The molecule has 36 heteroatoms. The van der Waals surface area contributed by atoms with Crippen molar-refractivity contribution in [2.45, 2.75) is 172 Å². The predicted octanol–water partition coefficient (Wildman–Crippen LogP) is 11.0. The predicted molar refractivity (Wildman–Crippen MR) is 504 cm³/mol. The third-order valence-corrected chi connectivity index (χ3v) is 25.0. The number of thiophene rings is 4. The Morgan fingerprint density at radius 2 is 0.617 bits per heavy atom. The second-order valence-corrected chi connectivity index (χ2v) is 35.3. The van der Waals surface area contributed by atoms with Gasteiger partial charge >= 0.3 is 23.9 Å². The molecule has 0 aliphatic carbocycles. The molecular weight excluding hydrogens is 1790 g/mol. The van der Waals surface area contributed by atoms with Crippen LogP contribution >= 0.6 is 45.3 Å². The van der Waals surface area contributed by atoms with Gasteiger partial charge in [-0.15, -0.1) is 45.3 Å². The molecule has 0 aliphatic rings. The molecule has 0 spiro atoms. The molecule has 10 aromatic rings. The largest absolute Gasteiger partial charge is 0.508 e. The molecule has 0 aliphatic heterocycles. The van der Waals surface area contributed by atoms with E-state index < -0.39 is 131 Å². The Hall–Kier alpha value is -13.8. The van der Waals surface area contributed by atoms with Crippen molar-refractivity contribution in [2.24, 2.45) is 46.6 Å². The Morgan fingerprint density at radius 3 is 0.857 bits per heavy atom. The number of phenolic OH excluding ortho intramolecular Hbond substituents is 1. The van der Waals surface area contributed by atoms with Gasteiger partial charge in [-0.05, 0) is 166 Å². The van der Waals surface area contributed by atoms with Crippen LogP contribution in [0.4, 0.5) is 0 Å². The minimum atomic E-state index is -1.11. The number of aliphatic hydroxyl groups excluding tert-OH is 1. The molecule has 0 unspecified atom stereocenters. The number of H-pyrrole nitrogens is 1. The van der Waals surface area contributed by atoms with E-state index in [2.05, 4.69) is 31.2 Å². The number of nitrogens with two attached hydrogens (primary N) is 4. The molecule has 133 heavy (non-hydrogen) atoms. The molecule has 8 atom stereocenters. The molecule has 8 amide bonds. The SMILES string of the molecule is C[C@H](CC(=O)[C@H](CCC(=O)O)NC(=O)CCc1ccc(-c2cccs2)cc1)C(N)=O.NC(=O)[C@@H](CC(=O)[C@H](CCC(=O)O)NC(=O)CCc1ccc(-c2cccs2)cc1)Cc1ccc(O)cc1.NC(=O)[C@@H](CC(=O)[C@H](CCC(=O)O)NC(=O)CCc1ccc(-c2cccs2)cc1)Cc1cnc[nH]1.NC(=O)[C@H](CO)CC(=O)[C@H](CCC(=O)O)NC(=O)CCc1ccc(-c2cccs2)cc1. The minimum Gasteiger partial charge on any atom is -0.508 e. The number of phenols is 1. The first-order chi connectivity index (χ1) is 63.6. The topological polar surface area (TPSA) is 575 Å². The number of carbonyl (C=O) groups is 16. The number of aromatic amines is 1. The normalized spacial score (nSPS) is 12.6. The Labute approximate surface area is 783 Å². The number of aliphatic hydroxyl groups is 1. The summed E-state index contributed by atoms with van der Waals surface area (Å²) in [7, 11) is 0. The van der Waals surface area contributed by atoms with E-state index in [1.807, 2.05) is 167 Å². The smallest absolute Gasteiger partial charge is 0.303 e. The third kappa shape index (κ3) is 39.4. The summed E-state index contributed by atoms with van der Waals surface area (Å²) in [4.78, 5) is 202. The average Bonchev–Trinajstić information content (AvgIpc) is 1.86. The van der Waals surface area contributed by atoms with Gasteiger partial charge in [0, 0.05) is 127 Å². The number of nitrogens with one attached hydrogen (secondary N) is 5. The van der Waals surface area contributed by atoms with Crippen LogP contribution in [0.2, 0.25) is 0 Å². The lowest BCUT2D eigenvalue weighted by molar-refractivity contribution is -0.139. The van der Waals surface area contributed by atoms with Crippen molar-refractivity contribution in [1.29, 1.82) is 0 Å². The fraction of sp³-hybridized carbons (Fsp3) is 0.330. The van der Waals surface area contributed by atoms with E-state index in [4.69, 9.17) is 43.4 Å². The van der Waals surface area contributed by atoms with E-state index in [0.717, 1.165) is 59.1 Å². The minimum absolute atomic E-state index is 0.0269. The van der Waals surface area contributed by atoms with E-state index in [9.17, 15) is 86.9 Å². The van der Waals surface area contributed by atoms with Gasteiger partial charge in [-0.25, -0.2) is 4.98 Å². The summed E-state index contributed by atoms with van der Waals surface area (Å²) in [5.41, 5.74) is 31.0. The summed E-state index contributed by atoms with van der Waals surface area (Å²) in [6.07, 6.45) is 3.43. The van der Waals surface area contributed by atoms with Crippen LogP contribution in [-0.2, 0) is 115 Å². The summed E-state index contributed by atoms with van der Waals surface area (Å²) in [6, 6.07) is 49.9. The molecule has 0 radical (unpaired) electrons. The molecule has 5 aromatic heterocycles. The van der Waals surface area contributed by atoms with Crippen molar-refractivity contribution >= 4 is 140 Å². The van der Waals surface area contributed by atoms with E-state index in [1.54, 1.807) is 57.5 Å². The number of aromatic nitrogens is 2. The van der Waals surface area contributed by atoms with Crippen LogP contribution < -0.4 is 44.2 Å². The van der Waals surface area contributed by atoms with Crippen molar-refractivity contribution in [1.82, 2.24) is 31.2 Å². The fourth-order valence-corrected chi connectivity index (χ4v) is 16.5. The van der Waals surface area contributed by atoms with Gasteiger partial charge in [-0.2, -0.15) is 0 Å². The van der Waals surface area contributed by atoms with Crippen LogP contribution in [0.3, 0.4) is 0 Å². The first-order valence-electron chi connectivity index (χ1n) is 42.8. The number of amides is 8. The second-order valence-electron chi connectivity index (χ2n) is 31.5. The Balaban J connectivity index is 0.000000243. The summed E-state index contributed by atoms with van der Waals surface area (Å²) in [6.45, 7) is 0.929. The van der Waals surface area contributed by atoms with Crippen molar-refractivity contribution in [3.63, 3.8) is 0 Å². The lowest BCUT2D eigenvalue weighted by Crippen LogP contribution is -2.43. The number of hydrogen-bond donors (Lipinski definition) is 15. The highest BCUT2D eigenvalue weighted by molar-refractivity contribution is 7.14. The number of benzene rings is 5. The highest BCUT2D eigenvalue weighted by Gasteiger charge is 2.32. The van der Waals surface area contributed by atoms with Crippen LogP contribution in [0, 0.1) is 23.7 Å². The number of carboxylic acid groups (broad SMARTS) is 4. The zero-order chi connectivity index (χ0) is 96.9. The molecule has 0 fully saturated rings. The number of rotatable bonds is 53. The summed E-state index contributed by atoms with van der Waals surface area (Å²) in [5.74, 6) is -13.7. The van der Waals surface area contributed by atoms with Gasteiger partial charge in [0.25, 0.3) is 0 Å². The van der Waals surface area contributed by atoms with Crippen LogP contribution in [0.25, 0.3) is 41.8 Å². The summed E-state index contributed by atoms with van der Waals surface area (Å²) < 4.78 is 0. The number of primary amides is 4. The highest BCUT2D eigenvalue weighted by atomic mass is 32.1. The fourth-order valence-electron chi connectivity index (χ4n) is 13.6. The maximum Gasteiger partial charge on any atom is 0.303 e. The molecule has 5 heterocycles. The van der Waals surface area contributed by atoms with E-state index in [-0.39, 0.29) is 139 Å². The molecule has 0 saturated carbocycles. The van der Waals surface area contributed by atoms with Gasteiger partial charge in [0.15, 0.2) is 23.1 Å². The van der Waals surface area contributed by atoms with Gasteiger partial charge in [0.2, 0.25) is 47.3 Å². The number of carboxylic acids is 4. The average molecular weight is 1900 g/mol. The number of Topliss-reactive ketones (excluding diaryl/α,β-unsaturated/α-hetero) is 4. The first-order valence-corrected chi connectivity index (χ1v) is 46.3. The maximum absolute atomic E-state index is 13.0. The number of ketones is 4. The van der Waals surface area contributed by atoms with Crippen molar-refractivity contribution in [3.05, 3.63) is 237 Å². The van der Waals surface area contributed by atoms with Crippen LogP contribution in [-0.4, -0.2) is 166 Å². The Kier molecular flexibility index (Phi) is 44.8. The van der Waals surface area contributed by atoms with Crippen molar-refractivity contribution in [2.75, 3.05) is 6.61 Å². The number of hydrogen-bond acceptors (Lipinski definition) is 23. The Morgan fingerprint density at radius 1 is 0.346 bits per heavy atom. The quantitative estimate of drug-likeness (QED) is 0.0168. The number of aliphatic carboxylic acids is 4. The molecule has 19 N–H and O–H groups in total.